The Kier molecular flexibility index (Phi) is 5.18. The second-order valence-corrected chi connectivity index (χ2v) is 6.18. The van der Waals surface area contributed by atoms with Gasteiger partial charge in [0.15, 0.2) is 0 Å². The standard InChI is InChI=1S/C17H25NO2/c1-3-4-5-14-6-8-15(9-7-14)10-16(19)18-11-17(2)12-20-13-17/h6-9H,3-5,10-13H2,1-2H3,(H,18,19). The molecule has 0 aromatic heterocycles. The summed E-state index contributed by atoms with van der Waals surface area (Å²) in [4.78, 5) is 11.9. The molecular formula is C17H25NO2. The van der Waals surface area contributed by atoms with Crippen molar-refractivity contribution in [1.82, 2.24) is 5.32 Å². The van der Waals surface area contributed by atoms with Gasteiger partial charge >= 0.3 is 0 Å². The molecule has 1 fully saturated rings. The highest BCUT2D eigenvalue weighted by atomic mass is 16.5. The fraction of sp³-hybridized carbons (Fsp3) is 0.588. The van der Waals surface area contributed by atoms with E-state index in [4.69, 9.17) is 4.74 Å². The summed E-state index contributed by atoms with van der Waals surface area (Å²) in [6, 6.07) is 8.41. The topological polar surface area (TPSA) is 38.3 Å². The van der Waals surface area contributed by atoms with Gasteiger partial charge in [-0.05, 0) is 24.0 Å². The third kappa shape index (κ3) is 4.34. The van der Waals surface area contributed by atoms with Crippen molar-refractivity contribution in [3.8, 4) is 0 Å². The smallest absolute Gasteiger partial charge is 0.224 e. The third-order valence-electron chi connectivity index (χ3n) is 3.82. The van der Waals surface area contributed by atoms with E-state index in [1.54, 1.807) is 0 Å². The molecule has 1 aliphatic rings. The number of aryl methyl sites for hydroxylation is 1. The Morgan fingerprint density at radius 3 is 2.45 bits per heavy atom. The summed E-state index contributed by atoms with van der Waals surface area (Å²) in [5.41, 5.74) is 2.58. The number of rotatable bonds is 7. The lowest BCUT2D eigenvalue weighted by atomic mass is 9.89. The van der Waals surface area contributed by atoms with Crippen LogP contribution in [0.3, 0.4) is 0 Å². The molecule has 1 amide bonds. The van der Waals surface area contributed by atoms with E-state index in [1.165, 1.54) is 18.4 Å². The van der Waals surface area contributed by atoms with E-state index < -0.39 is 0 Å². The van der Waals surface area contributed by atoms with Crippen LogP contribution in [-0.4, -0.2) is 25.7 Å². The average Bonchev–Trinajstić information content (AvgIpc) is 2.42. The van der Waals surface area contributed by atoms with Crippen LogP contribution >= 0.6 is 0 Å². The van der Waals surface area contributed by atoms with E-state index in [-0.39, 0.29) is 11.3 Å². The summed E-state index contributed by atoms with van der Waals surface area (Å²) in [7, 11) is 0. The number of hydrogen-bond acceptors (Lipinski definition) is 2. The maximum absolute atomic E-state index is 11.9. The molecular weight excluding hydrogens is 250 g/mol. The summed E-state index contributed by atoms with van der Waals surface area (Å²) in [6.45, 7) is 6.55. The van der Waals surface area contributed by atoms with Crippen LogP contribution in [0.5, 0.6) is 0 Å². The van der Waals surface area contributed by atoms with E-state index >= 15 is 0 Å². The molecule has 1 N–H and O–H groups in total. The van der Waals surface area contributed by atoms with Gasteiger partial charge in [0.2, 0.25) is 5.91 Å². The van der Waals surface area contributed by atoms with Crippen LogP contribution in [0.2, 0.25) is 0 Å². The lowest BCUT2D eigenvalue weighted by Gasteiger charge is -2.38. The van der Waals surface area contributed by atoms with Gasteiger partial charge in [0.1, 0.15) is 0 Å². The summed E-state index contributed by atoms with van der Waals surface area (Å²) in [5.74, 6) is 0.0967. The SMILES string of the molecule is CCCCc1ccc(CC(=O)NCC2(C)COC2)cc1. The first kappa shape index (κ1) is 15.0. The Labute approximate surface area is 121 Å². The van der Waals surface area contributed by atoms with Gasteiger partial charge in [-0.2, -0.15) is 0 Å². The predicted octanol–water partition coefficient (Wildman–Crippen LogP) is 2.72. The number of amides is 1. The Bertz CT molecular complexity index is 435. The second-order valence-electron chi connectivity index (χ2n) is 6.18. The molecule has 0 aliphatic carbocycles. The molecule has 1 aromatic carbocycles. The van der Waals surface area contributed by atoms with Crippen molar-refractivity contribution in [2.24, 2.45) is 5.41 Å². The van der Waals surface area contributed by atoms with Crippen LogP contribution in [-0.2, 0) is 22.4 Å². The molecule has 1 aromatic rings. The highest BCUT2D eigenvalue weighted by Crippen LogP contribution is 2.25. The Balaban J connectivity index is 1.75. The van der Waals surface area contributed by atoms with Gasteiger partial charge in [-0.1, -0.05) is 44.5 Å². The molecule has 0 atom stereocenters. The first-order valence-corrected chi connectivity index (χ1v) is 7.53. The van der Waals surface area contributed by atoms with Gasteiger partial charge in [0.25, 0.3) is 0 Å². The lowest BCUT2D eigenvalue weighted by molar-refractivity contribution is -0.126. The maximum atomic E-state index is 11.9. The van der Waals surface area contributed by atoms with E-state index in [2.05, 4.69) is 43.4 Å². The Hall–Kier alpha value is -1.35. The number of benzene rings is 1. The molecule has 2 rings (SSSR count). The molecule has 1 heterocycles. The number of unbranched alkanes of at least 4 members (excludes halogenated alkanes) is 1. The Morgan fingerprint density at radius 1 is 1.25 bits per heavy atom. The molecule has 1 aliphatic heterocycles. The largest absolute Gasteiger partial charge is 0.380 e. The van der Waals surface area contributed by atoms with Crippen molar-refractivity contribution in [1.29, 1.82) is 0 Å². The minimum atomic E-state index is 0.0967. The molecule has 0 radical (unpaired) electrons. The molecule has 1 saturated heterocycles. The van der Waals surface area contributed by atoms with Crippen molar-refractivity contribution < 1.29 is 9.53 Å². The van der Waals surface area contributed by atoms with Gasteiger partial charge < -0.3 is 10.1 Å². The number of nitrogens with one attached hydrogen (secondary N) is 1. The minimum Gasteiger partial charge on any atom is -0.380 e. The highest BCUT2D eigenvalue weighted by molar-refractivity contribution is 5.78. The Morgan fingerprint density at radius 2 is 1.90 bits per heavy atom. The average molecular weight is 275 g/mol. The molecule has 0 spiro atoms. The van der Waals surface area contributed by atoms with Crippen LogP contribution in [0, 0.1) is 5.41 Å². The lowest BCUT2D eigenvalue weighted by Crippen LogP contribution is -2.48. The number of hydrogen-bond donors (Lipinski definition) is 1. The van der Waals surface area contributed by atoms with Crippen LogP contribution in [0.15, 0.2) is 24.3 Å². The van der Waals surface area contributed by atoms with E-state index in [9.17, 15) is 4.79 Å². The first-order valence-electron chi connectivity index (χ1n) is 7.53. The molecule has 0 saturated carbocycles. The zero-order chi connectivity index (χ0) is 14.4. The summed E-state index contributed by atoms with van der Waals surface area (Å²) >= 11 is 0. The normalized spacial score (nSPS) is 16.5. The number of carbonyl (C=O) groups is 1. The van der Waals surface area contributed by atoms with E-state index in [0.29, 0.717) is 13.0 Å². The number of carbonyl (C=O) groups excluding carboxylic acids is 1. The van der Waals surface area contributed by atoms with Gasteiger partial charge in [-0.25, -0.2) is 0 Å². The minimum absolute atomic E-state index is 0.0967. The van der Waals surface area contributed by atoms with Crippen molar-refractivity contribution in [2.75, 3.05) is 19.8 Å². The highest BCUT2D eigenvalue weighted by Gasteiger charge is 2.33. The summed E-state index contributed by atoms with van der Waals surface area (Å²) in [6.07, 6.45) is 4.03. The van der Waals surface area contributed by atoms with Gasteiger partial charge in [-0.15, -0.1) is 0 Å². The first-order chi connectivity index (χ1) is 9.61. The fourth-order valence-electron chi connectivity index (χ4n) is 2.32. The van der Waals surface area contributed by atoms with Crippen LogP contribution < -0.4 is 5.32 Å². The molecule has 3 heteroatoms. The van der Waals surface area contributed by atoms with Crippen molar-refractivity contribution in [3.05, 3.63) is 35.4 Å². The monoisotopic (exact) mass is 275 g/mol. The molecule has 3 nitrogen and oxygen atoms in total. The summed E-state index contributed by atoms with van der Waals surface area (Å²) in [5, 5.41) is 3.00. The van der Waals surface area contributed by atoms with Gasteiger partial charge in [0.05, 0.1) is 19.6 Å². The van der Waals surface area contributed by atoms with Crippen molar-refractivity contribution in [2.45, 2.75) is 39.5 Å². The molecule has 20 heavy (non-hydrogen) atoms. The third-order valence-corrected chi connectivity index (χ3v) is 3.82. The zero-order valence-electron chi connectivity index (χ0n) is 12.6. The van der Waals surface area contributed by atoms with Crippen LogP contribution in [0.1, 0.15) is 37.8 Å². The summed E-state index contributed by atoms with van der Waals surface area (Å²) < 4.78 is 5.18. The predicted molar refractivity (Wildman–Crippen MR) is 80.7 cm³/mol. The van der Waals surface area contributed by atoms with E-state index in [0.717, 1.165) is 25.2 Å². The molecule has 0 bridgehead atoms. The van der Waals surface area contributed by atoms with Crippen LogP contribution in [0.4, 0.5) is 0 Å². The van der Waals surface area contributed by atoms with Crippen molar-refractivity contribution in [3.63, 3.8) is 0 Å². The second kappa shape index (κ2) is 6.89. The van der Waals surface area contributed by atoms with Crippen LogP contribution in [0.25, 0.3) is 0 Å². The van der Waals surface area contributed by atoms with Gasteiger partial charge in [0, 0.05) is 12.0 Å². The molecule has 0 unspecified atom stereocenters. The maximum Gasteiger partial charge on any atom is 0.224 e. The number of ether oxygens (including phenoxy) is 1. The quantitative estimate of drug-likeness (QED) is 0.831. The zero-order valence-corrected chi connectivity index (χ0v) is 12.6. The fourth-order valence-corrected chi connectivity index (χ4v) is 2.32. The molecule has 110 valence electrons. The van der Waals surface area contributed by atoms with E-state index in [1.807, 2.05) is 0 Å². The van der Waals surface area contributed by atoms with Crippen molar-refractivity contribution >= 4 is 5.91 Å². The van der Waals surface area contributed by atoms with Gasteiger partial charge in [-0.3, -0.25) is 4.79 Å².